The molecule has 218 valence electrons. The molecule has 1 heteroatoms. The van der Waals surface area contributed by atoms with Gasteiger partial charge in [-0.05, 0) is 84.6 Å². The van der Waals surface area contributed by atoms with Crippen LogP contribution in [-0.4, -0.2) is 4.98 Å². The summed E-state index contributed by atoms with van der Waals surface area (Å²) in [6, 6.07) is 64.3. The molecule has 0 unspecified atom stereocenters. The van der Waals surface area contributed by atoms with Crippen molar-refractivity contribution in [2.75, 3.05) is 0 Å². The van der Waals surface area contributed by atoms with E-state index < -0.39 is 0 Å². The maximum Gasteiger partial charge on any atom is 0.0725 e. The zero-order chi connectivity index (χ0) is 31.0. The predicted octanol–water partition coefficient (Wildman–Crippen LogP) is 11.6. The van der Waals surface area contributed by atoms with Gasteiger partial charge < -0.3 is 0 Å². The molecule has 1 heterocycles. The van der Waals surface area contributed by atoms with Crippen LogP contribution >= 0.6 is 0 Å². The third-order valence-electron chi connectivity index (χ3n) is 10.3. The van der Waals surface area contributed by atoms with Gasteiger partial charge in [0.2, 0.25) is 0 Å². The van der Waals surface area contributed by atoms with Gasteiger partial charge in [-0.15, -0.1) is 0 Å². The van der Waals surface area contributed by atoms with Gasteiger partial charge in [0.15, 0.2) is 0 Å². The van der Waals surface area contributed by atoms with Crippen molar-refractivity contribution in [2.24, 2.45) is 0 Å². The first-order valence-electron chi connectivity index (χ1n) is 16.3. The molecule has 0 amide bonds. The van der Waals surface area contributed by atoms with Crippen LogP contribution < -0.4 is 0 Å². The highest BCUT2D eigenvalue weighted by Crippen LogP contribution is 2.63. The fourth-order valence-corrected chi connectivity index (χ4v) is 8.32. The van der Waals surface area contributed by atoms with Gasteiger partial charge in [0.1, 0.15) is 0 Å². The van der Waals surface area contributed by atoms with E-state index in [1.807, 2.05) is 0 Å². The average Bonchev–Trinajstić information content (AvgIpc) is 3.62. The Balaban J connectivity index is 1.27. The highest BCUT2D eigenvalue weighted by molar-refractivity contribution is 6.00. The number of rotatable bonds is 3. The molecule has 0 radical (unpaired) electrons. The molecule has 0 bridgehead atoms. The van der Waals surface area contributed by atoms with Crippen LogP contribution in [0, 0.1) is 0 Å². The molecule has 2 aliphatic carbocycles. The maximum atomic E-state index is 5.42. The molecule has 0 fully saturated rings. The number of hydrogen-bond acceptors (Lipinski definition) is 1. The van der Waals surface area contributed by atoms with Gasteiger partial charge in [0, 0.05) is 11.1 Å². The van der Waals surface area contributed by atoms with Crippen LogP contribution in [0.25, 0.3) is 66.7 Å². The number of hydrogen-bond donors (Lipinski definition) is 0. The van der Waals surface area contributed by atoms with Gasteiger partial charge >= 0.3 is 0 Å². The highest BCUT2D eigenvalue weighted by Gasteiger charge is 2.52. The molecule has 1 aromatic heterocycles. The van der Waals surface area contributed by atoms with Crippen LogP contribution in [-0.2, 0) is 5.41 Å². The topological polar surface area (TPSA) is 12.9 Å². The van der Waals surface area contributed by atoms with Crippen LogP contribution in [0.15, 0.2) is 176 Å². The summed E-state index contributed by atoms with van der Waals surface area (Å²) in [6.45, 7) is 0. The van der Waals surface area contributed by atoms with E-state index in [2.05, 4.69) is 176 Å². The van der Waals surface area contributed by atoms with Gasteiger partial charge in [-0.3, -0.25) is 0 Å². The van der Waals surface area contributed by atoms with E-state index in [1.165, 1.54) is 60.8 Å². The van der Waals surface area contributed by atoms with E-state index in [1.54, 1.807) is 0 Å². The van der Waals surface area contributed by atoms with Crippen molar-refractivity contribution < 1.29 is 0 Å². The summed E-state index contributed by atoms with van der Waals surface area (Å²) in [7, 11) is 0. The number of aromatic nitrogens is 1. The molecule has 0 aliphatic heterocycles. The monoisotopic (exact) mass is 595 g/mol. The van der Waals surface area contributed by atoms with Crippen molar-refractivity contribution in [3.63, 3.8) is 0 Å². The van der Waals surface area contributed by atoms with Crippen LogP contribution in [0.2, 0.25) is 0 Å². The number of benzene rings is 7. The SMILES string of the molecule is c1ccc(-c2cc(-c3ccc4ccccc4c3)cc(-c3cccc4c3-c3ccccc3C43c4ccccc4-c4ccccc43)n2)cc1. The van der Waals surface area contributed by atoms with Crippen molar-refractivity contribution in [3.8, 4) is 55.9 Å². The summed E-state index contributed by atoms with van der Waals surface area (Å²) in [5, 5.41) is 2.48. The minimum Gasteiger partial charge on any atom is -0.248 e. The Morgan fingerprint density at radius 1 is 0.319 bits per heavy atom. The minimum absolute atomic E-state index is 0.382. The Labute approximate surface area is 274 Å². The van der Waals surface area contributed by atoms with E-state index in [0.717, 1.165) is 28.1 Å². The molecule has 0 saturated carbocycles. The van der Waals surface area contributed by atoms with Crippen molar-refractivity contribution >= 4 is 10.8 Å². The van der Waals surface area contributed by atoms with Crippen molar-refractivity contribution in [1.29, 1.82) is 0 Å². The number of pyridine rings is 1. The second-order valence-corrected chi connectivity index (χ2v) is 12.7. The van der Waals surface area contributed by atoms with E-state index >= 15 is 0 Å². The maximum absolute atomic E-state index is 5.42. The molecule has 10 rings (SSSR count). The lowest BCUT2D eigenvalue weighted by Gasteiger charge is -2.30. The Hall–Kier alpha value is -6.05. The molecule has 2 aliphatic rings. The number of nitrogens with zero attached hydrogens (tertiary/aromatic N) is 1. The Morgan fingerprint density at radius 2 is 0.872 bits per heavy atom. The standard InChI is InChI=1S/C46H29N/c1-2-14-31(15-3-1)43-28-34(33-26-25-30-13-4-5-16-32(30)27-33)29-44(47-43)38-20-12-24-42-45(38)37-19-8-11-23-41(37)46(42)39-21-9-6-17-35(39)36-18-7-10-22-40(36)46/h1-29H. The second-order valence-electron chi connectivity index (χ2n) is 12.7. The van der Waals surface area contributed by atoms with Crippen molar-refractivity contribution in [1.82, 2.24) is 4.98 Å². The van der Waals surface area contributed by atoms with Crippen molar-refractivity contribution in [2.45, 2.75) is 5.41 Å². The molecule has 0 N–H and O–H groups in total. The molecular formula is C46H29N. The van der Waals surface area contributed by atoms with Gasteiger partial charge in [-0.2, -0.15) is 0 Å². The lowest BCUT2D eigenvalue weighted by Crippen LogP contribution is -2.25. The van der Waals surface area contributed by atoms with Gasteiger partial charge in [-0.1, -0.05) is 158 Å². The third kappa shape index (κ3) is 3.69. The Morgan fingerprint density at radius 3 is 1.62 bits per heavy atom. The molecule has 0 saturated heterocycles. The van der Waals surface area contributed by atoms with Crippen LogP contribution in [0.4, 0.5) is 0 Å². The van der Waals surface area contributed by atoms with Gasteiger partial charge in [0.05, 0.1) is 16.8 Å². The first-order valence-corrected chi connectivity index (χ1v) is 16.3. The van der Waals surface area contributed by atoms with Crippen LogP contribution in [0.3, 0.4) is 0 Å². The zero-order valence-corrected chi connectivity index (χ0v) is 25.7. The summed E-state index contributed by atoms with van der Waals surface area (Å²) in [5.74, 6) is 0. The Kier molecular flexibility index (Phi) is 5.56. The molecule has 7 aromatic carbocycles. The minimum atomic E-state index is -0.382. The van der Waals surface area contributed by atoms with E-state index in [9.17, 15) is 0 Å². The van der Waals surface area contributed by atoms with E-state index in [0.29, 0.717) is 0 Å². The van der Waals surface area contributed by atoms with Crippen LogP contribution in [0.1, 0.15) is 22.3 Å². The zero-order valence-electron chi connectivity index (χ0n) is 25.7. The van der Waals surface area contributed by atoms with Crippen LogP contribution in [0.5, 0.6) is 0 Å². The quantitative estimate of drug-likeness (QED) is 0.198. The molecule has 8 aromatic rings. The summed E-state index contributed by atoms with van der Waals surface area (Å²) in [5.41, 5.74) is 16.8. The largest absolute Gasteiger partial charge is 0.248 e. The molecular weight excluding hydrogens is 567 g/mol. The van der Waals surface area contributed by atoms with E-state index in [4.69, 9.17) is 4.98 Å². The summed E-state index contributed by atoms with van der Waals surface area (Å²) < 4.78 is 0. The molecule has 0 atom stereocenters. The molecule has 47 heavy (non-hydrogen) atoms. The highest BCUT2D eigenvalue weighted by atomic mass is 14.7. The van der Waals surface area contributed by atoms with Gasteiger partial charge in [-0.25, -0.2) is 4.98 Å². The first kappa shape index (κ1) is 26.2. The van der Waals surface area contributed by atoms with Gasteiger partial charge in [0.25, 0.3) is 0 Å². The second kappa shape index (κ2) is 9.97. The smallest absolute Gasteiger partial charge is 0.0725 e. The first-order chi connectivity index (χ1) is 23.3. The summed E-state index contributed by atoms with van der Waals surface area (Å²) in [6.07, 6.45) is 0. The fraction of sp³-hybridized carbons (Fsp3) is 0.0217. The Bertz CT molecular complexity index is 2480. The number of fused-ring (bicyclic) bond motifs is 11. The van der Waals surface area contributed by atoms with Crippen molar-refractivity contribution in [3.05, 3.63) is 198 Å². The van der Waals surface area contributed by atoms with E-state index in [-0.39, 0.29) is 5.41 Å². The molecule has 1 spiro atoms. The molecule has 1 nitrogen and oxygen atoms in total. The fourth-order valence-electron chi connectivity index (χ4n) is 8.32. The lowest BCUT2D eigenvalue weighted by atomic mass is 9.70. The average molecular weight is 596 g/mol. The normalized spacial score (nSPS) is 13.3. The third-order valence-corrected chi connectivity index (χ3v) is 10.3. The lowest BCUT2D eigenvalue weighted by molar-refractivity contribution is 0.794. The summed E-state index contributed by atoms with van der Waals surface area (Å²) >= 11 is 0. The summed E-state index contributed by atoms with van der Waals surface area (Å²) in [4.78, 5) is 5.42. The predicted molar refractivity (Wildman–Crippen MR) is 194 cm³/mol.